The highest BCUT2D eigenvalue weighted by molar-refractivity contribution is 7.89. The highest BCUT2D eigenvalue weighted by Crippen LogP contribution is 2.29. The van der Waals surface area contributed by atoms with Gasteiger partial charge in [-0.25, -0.2) is 18.4 Å². The first kappa shape index (κ1) is 13.3. The Morgan fingerprint density at radius 1 is 1.40 bits per heavy atom. The lowest BCUT2D eigenvalue weighted by Gasteiger charge is -2.13. The smallest absolute Gasteiger partial charge is 0.262 e. The molecule has 3 rings (SSSR count). The van der Waals surface area contributed by atoms with Crippen molar-refractivity contribution < 1.29 is 12.8 Å². The highest BCUT2D eigenvalue weighted by Gasteiger charge is 2.41. The molecule has 2 N–H and O–H groups in total. The van der Waals surface area contributed by atoms with E-state index >= 15 is 0 Å². The van der Waals surface area contributed by atoms with E-state index in [9.17, 15) is 8.42 Å². The summed E-state index contributed by atoms with van der Waals surface area (Å²) in [7, 11) is -1.90. The quantitative estimate of drug-likeness (QED) is 0.820. The number of nitrogens with two attached hydrogens (primary N) is 1. The van der Waals surface area contributed by atoms with Crippen molar-refractivity contribution in [3.63, 3.8) is 0 Å². The molecule has 0 saturated carbocycles. The number of hydrogen-bond donors (Lipinski definition) is 1. The van der Waals surface area contributed by atoms with Gasteiger partial charge in [-0.15, -0.1) is 0 Å². The third-order valence-corrected chi connectivity index (χ3v) is 5.10. The molecule has 3 heterocycles. The number of imidazole rings is 1. The summed E-state index contributed by atoms with van der Waals surface area (Å²) < 4.78 is 33.1. The fourth-order valence-electron chi connectivity index (χ4n) is 2.32. The number of hydrogen-bond acceptors (Lipinski definition) is 6. The van der Waals surface area contributed by atoms with Crippen molar-refractivity contribution >= 4 is 10.0 Å². The second-order valence-corrected chi connectivity index (χ2v) is 6.72. The van der Waals surface area contributed by atoms with Gasteiger partial charge < -0.3 is 14.7 Å². The molecule has 0 aliphatic carbocycles. The van der Waals surface area contributed by atoms with Gasteiger partial charge in [0, 0.05) is 32.4 Å². The van der Waals surface area contributed by atoms with Gasteiger partial charge in [0.05, 0.1) is 18.4 Å². The summed E-state index contributed by atoms with van der Waals surface area (Å²) in [5.74, 6) is 0.236. The Morgan fingerprint density at radius 3 is 2.80 bits per heavy atom. The summed E-state index contributed by atoms with van der Waals surface area (Å²) in [6.07, 6.45) is 5.91. The number of oxazole rings is 1. The fraction of sp³-hybridized carbons (Fsp3) is 0.455. The molecule has 1 fully saturated rings. The lowest BCUT2D eigenvalue weighted by molar-refractivity contribution is 0.428. The molecule has 0 unspecified atom stereocenters. The molecule has 0 amide bonds. The SMILES string of the molecule is Cn1cnc(S(=O)(=O)N2C[C@H](c3ncco3)[C@@H](N)C2)c1. The van der Waals surface area contributed by atoms with Crippen LogP contribution in [0.3, 0.4) is 0 Å². The minimum Gasteiger partial charge on any atom is -0.449 e. The lowest BCUT2D eigenvalue weighted by atomic mass is 10.1. The van der Waals surface area contributed by atoms with Gasteiger partial charge in [0.1, 0.15) is 6.26 Å². The molecule has 2 aromatic rings. The average molecular weight is 297 g/mol. The highest BCUT2D eigenvalue weighted by atomic mass is 32.2. The monoisotopic (exact) mass is 297 g/mol. The van der Waals surface area contributed by atoms with Crippen LogP contribution in [0, 0.1) is 0 Å². The molecule has 1 saturated heterocycles. The Kier molecular flexibility index (Phi) is 3.11. The van der Waals surface area contributed by atoms with Crippen molar-refractivity contribution in [1.29, 1.82) is 0 Å². The molecule has 9 heteroatoms. The van der Waals surface area contributed by atoms with E-state index in [1.165, 1.54) is 29.3 Å². The summed E-state index contributed by atoms with van der Waals surface area (Å²) in [5.41, 5.74) is 6.01. The van der Waals surface area contributed by atoms with Crippen LogP contribution in [0.5, 0.6) is 0 Å². The van der Waals surface area contributed by atoms with Crippen molar-refractivity contribution in [3.8, 4) is 0 Å². The summed E-state index contributed by atoms with van der Waals surface area (Å²) in [5, 5.41) is 0.0280. The molecule has 1 aliphatic rings. The lowest BCUT2D eigenvalue weighted by Crippen LogP contribution is -2.32. The number of aromatic nitrogens is 3. The van der Waals surface area contributed by atoms with Crippen LogP contribution in [-0.4, -0.2) is 46.4 Å². The van der Waals surface area contributed by atoms with Crippen molar-refractivity contribution in [2.45, 2.75) is 17.0 Å². The van der Waals surface area contributed by atoms with Crippen LogP contribution >= 0.6 is 0 Å². The van der Waals surface area contributed by atoms with Crippen LogP contribution in [0.4, 0.5) is 0 Å². The summed E-state index contributed by atoms with van der Waals surface area (Å²) in [6, 6.07) is -0.341. The fourth-order valence-corrected chi connectivity index (χ4v) is 3.79. The van der Waals surface area contributed by atoms with Crippen LogP contribution in [-0.2, 0) is 17.1 Å². The number of nitrogens with zero attached hydrogens (tertiary/aromatic N) is 4. The molecule has 0 spiro atoms. The Balaban J connectivity index is 1.86. The molecule has 2 aromatic heterocycles. The molecule has 0 radical (unpaired) electrons. The Hall–Kier alpha value is -1.71. The Labute approximate surface area is 116 Å². The van der Waals surface area contributed by atoms with Crippen molar-refractivity contribution in [2.24, 2.45) is 12.8 Å². The van der Waals surface area contributed by atoms with E-state index in [4.69, 9.17) is 10.2 Å². The minimum absolute atomic E-state index is 0.0280. The Morgan fingerprint density at radius 2 is 2.20 bits per heavy atom. The van der Waals surface area contributed by atoms with Gasteiger partial charge in [-0.1, -0.05) is 0 Å². The molecule has 1 aliphatic heterocycles. The van der Waals surface area contributed by atoms with Gasteiger partial charge in [-0.05, 0) is 0 Å². The van der Waals surface area contributed by atoms with E-state index < -0.39 is 10.0 Å². The van der Waals surface area contributed by atoms with E-state index in [0.29, 0.717) is 5.89 Å². The maximum atomic E-state index is 12.5. The van der Waals surface area contributed by atoms with Gasteiger partial charge in [0.2, 0.25) is 0 Å². The maximum absolute atomic E-state index is 12.5. The number of sulfonamides is 1. The van der Waals surface area contributed by atoms with E-state index in [0.717, 1.165) is 0 Å². The van der Waals surface area contributed by atoms with Crippen molar-refractivity contribution in [3.05, 3.63) is 30.9 Å². The van der Waals surface area contributed by atoms with E-state index in [1.807, 2.05) is 0 Å². The zero-order valence-corrected chi connectivity index (χ0v) is 11.7. The maximum Gasteiger partial charge on any atom is 0.262 e. The first-order valence-corrected chi connectivity index (χ1v) is 7.55. The Bertz CT molecular complexity index is 693. The third kappa shape index (κ3) is 2.13. The van der Waals surface area contributed by atoms with E-state index in [-0.39, 0.29) is 30.1 Å². The first-order chi connectivity index (χ1) is 9.48. The zero-order valence-electron chi connectivity index (χ0n) is 10.9. The second kappa shape index (κ2) is 4.69. The molecule has 20 heavy (non-hydrogen) atoms. The zero-order chi connectivity index (χ0) is 14.3. The minimum atomic E-state index is -3.62. The van der Waals surface area contributed by atoms with Gasteiger partial charge >= 0.3 is 0 Å². The van der Waals surface area contributed by atoms with Gasteiger partial charge in [0.15, 0.2) is 10.9 Å². The topological polar surface area (TPSA) is 107 Å². The average Bonchev–Trinajstić information content (AvgIpc) is 3.08. The number of rotatable bonds is 3. The van der Waals surface area contributed by atoms with E-state index in [2.05, 4.69) is 9.97 Å². The summed E-state index contributed by atoms with van der Waals surface area (Å²) in [4.78, 5) is 7.95. The molecular formula is C11H15N5O3S. The van der Waals surface area contributed by atoms with Crippen LogP contribution in [0.2, 0.25) is 0 Å². The van der Waals surface area contributed by atoms with Crippen LogP contribution in [0.1, 0.15) is 11.8 Å². The summed E-state index contributed by atoms with van der Waals surface area (Å²) in [6.45, 7) is 0.479. The molecular weight excluding hydrogens is 282 g/mol. The second-order valence-electron chi connectivity index (χ2n) is 4.84. The third-order valence-electron chi connectivity index (χ3n) is 3.39. The first-order valence-electron chi connectivity index (χ1n) is 6.11. The predicted octanol–water partition coefficient (Wildman–Crippen LogP) is -0.476. The molecule has 2 atom stereocenters. The standard InChI is InChI=1S/C11H15N5O3S/c1-15-6-10(14-7-15)20(17,18)16-4-8(9(12)5-16)11-13-2-3-19-11/h2-3,6-9H,4-5,12H2,1H3/t8-,9-/m0/s1. The number of aryl methyl sites for hydroxylation is 1. The van der Waals surface area contributed by atoms with Crippen LogP contribution in [0.25, 0.3) is 0 Å². The molecule has 0 bridgehead atoms. The van der Waals surface area contributed by atoms with Crippen LogP contribution in [0.15, 0.2) is 34.4 Å². The normalized spacial score (nSPS) is 24.3. The largest absolute Gasteiger partial charge is 0.449 e. The molecule has 8 nitrogen and oxygen atoms in total. The van der Waals surface area contributed by atoms with Crippen molar-refractivity contribution in [1.82, 2.24) is 18.8 Å². The van der Waals surface area contributed by atoms with Crippen LogP contribution < -0.4 is 5.73 Å². The molecule has 0 aromatic carbocycles. The van der Waals surface area contributed by atoms with Gasteiger partial charge in [0.25, 0.3) is 10.0 Å². The summed E-state index contributed by atoms with van der Waals surface area (Å²) >= 11 is 0. The van der Waals surface area contributed by atoms with Gasteiger partial charge in [-0.2, -0.15) is 4.31 Å². The van der Waals surface area contributed by atoms with Gasteiger partial charge in [-0.3, -0.25) is 0 Å². The van der Waals surface area contributed by atoms with E-state index in [1.54, 1.807) is 11.6 Å². The molecule has 108 valence electrons. The predicted molar refractivity (Wildman–Crippen MR) is 69.2 cm³/mol. The van der Waals surface area contributed by atoms with Crippen molar-refractivity contribution in [2.75, 3.05) is 13.1 Å².